The summed E-state index contributed by atoms with van der Waals surface area (Å²) < 4.78 is 4.22. The molecule has 1 unspecified atom stereocenters. The van der Waals surface area contributed by atoms with Crippen molar-refractivity contribution in [1.82, 2.24) is 24.2 Å². The van der Waals surface area contributed by atoms with Gasteiger partial charge in [0.1, 0.15) is 11.3 Å². The third kappa shape index (κ3) is 2.18. The maximum absolute atomic E-state index is 6.38. The summed E-state index contributed by atoms with van der Waals surface area (Å²) in [7, 11) is 6.33. The van der Waals surface area contributed by atoms with E-state index in [0.717, 1.165) is 29.2 Å². The number of imidazole rings is 1. The van der Waals surface area contributed by atoms with Gasteiger partial charge in [-0.05, 0) is 47.2 Å². The summed E-state index contributed by atoms with van der Waals surface area (Å²) in [5.74, 6) is 0.955. The Balaban J connectivity index is 2.13. The Hall–Kier alpha value is -1.07. The fourth-order valence-corrected chi connectivity index (χ4v) is 3.60. The van der Waals surface area contributed by atoms with E-state index >= 15 is 0 Å². The molecule has 0 aromatic carbocycles. The molecule has 1 saturated carbocycles. The Morgan fingerprint density at radius 2 is 2.05 bits per heavy atom. The summed E-state index contributed by atoms with van der Waals surface area (Å²) >= 11 is 6.38. The zero-order valence-corrected chi connectivity index (χ0v) is 14.3. The smallest absolute Gasteiger partial charge is 0.158 e. The van der Waals surface area contributed by atoms with Crippen molar-refractivity contribution in [3.63, 3.8) is 0 Å². The number of halogens is 1. The lowest BCUT2D eigenvalue weighted by atomic mass is 9.75. The Morgan fingerprint density at radius 3 is 2.52 bits per heavy atom. The Morgan fingerprint density at radius 1 is 1.38 bits per heavy atom. The quantitative estimate of drug-likeness (QED) is 0.815. The van der Waals surface area contributed by atoms with Crippen molar-refractivity contribution in [1.29, 1.82) is 0 Å². The van der Waals surface area contributed by atoms with Crippen LogP contribution < -0.4 is 0 Å². The van der Waals surface area contributed by atoms with E-state index in [2.05, 4.69) is 28.7 Å². The minimum Gasteiger partial charge on any atom is -0.310 e. The molecule has 21 heavy (non-hydrogen) atoms. The van der Waals surface area contributed by atoms with E-state index in [1.807, 2.05) is 25.6 Å². The third-order valence-corrected chi connectivity index (χ3v) is 5.16. The Bertz CT molecular complexity index is 663. The van der Waals surface area contributed by atoms with E-state index in [4.69, 9.17) is 16.6 Å². The number of hydrogen-bond acceptors (Lipinski definition) is 3. The molecule has 2 aromatic heterocycles. The molecule has 1 aliphatic carbocycles. The lowest BCUT2D eigenvalue weighted by Gasteiger charge is -2.47. The second-order valence-electron chi connectivity index (χ2n) is 6.53. The van der Waals surface area contributed by atoms with Gasteiger partial charge in [-0.15, -0.1) is 11.6 Å². The number of aromatic nitrogens is 4. The number of nitrogens with zero attached hydrogens (tertiary/aromatic N) is 5. The fourth-order valence-electron chi connectivity index (χ4n) is 3.44. The Labute approximate surface area is 130 Å². The van der Waals surface area contributed by atoms with Crippen LogP contribution in [0.2, 0.25) is 0 Å². The van der Waals surface area contributed by atoms with Crippen LogP contribution in [0.1, 0.15) is 43.1 Å². The van der Waals surface area contributed by atoms with Crippen molar-refractivity contribution in [3.8, 4) is 0 Å². The van der Waals surface area contributed by atoms with E-state index in [0.29, 0.717) is 0 Å². The molecule has 0 amide bonds. The second kappa shape index (κ2) is 4.99. The molecule has 0 saturated heterocycles. The number of fused-ring (bicyclic) bond motifs is 1. The fraction of sp³-hybridized carbons (Fsp3) is 0.733. The summed E-state index contributed by atoms with van der Waals surface area (Å²) in [6, 6.07) is 0. The lowest BCUT2D eigenvalue weighted by molar-refractivity contribution is 0.0424. The van der Waals surface area contributed by atoms with Crippen molar-refractivity contribution >= 4 is 22.8 Å². The van der Waals surface area contributed by atoms with Crippen LogP contribution >= 0.6 is 11.6 Å². The minimum absolute atomic E-state index is 0.101. The van der Waals surface area contributed by atoms with E-state index in [-0.39, 0.29) is 10.9 Å². The Kier molecular flexibility index (Phi) is 3.53. The molecule has 0 aliphatic heterocycles. The molecule has 0 spiro atoms. The van der Waals surface area contributed by atoms with Crippen molar-refractivity contribution in [2.75, 3.05) is 14.1 Å². The van der Waals surface area contributed by atoms with Crippen LogP contribution in [-0.4, -0.2) is 43.9 Å². The van der Waals surface area contributed by atoms with Gasteiger partial charge in [-0.3, -0.25) is 4.68 Å². The van der Waals surface area contributed by atoms with Crippen LogP contribution in [0.4, 0.5) is 0 Å². The zero-order chi connectivity index (χ0) is 15.4. The van der Waals surface area contributed by atoms with Crippen molar-refractivity contribution in [2.24, 2.45) is 7.05 Å². The average Bonchev–Trinajstić information content (AvgIpc) is 2.83. The highest BCUT2D eigenvalue weighted by Crippen LogP contribution is 2.39. The molecule has 0 N–H and O–H groups in total. The second-order valence-corrected chi connectivity index (χ2v) is 7.18. The largest absolute Gasteiger partial charge is 0.310 e. The first kappa shape index (κ1) is 14.9. The highest BCUT2D eigenvalue weighted by molar-refractivity contribution is 6.20. The first-order valence-corrected chi connectivity index (χ1v) is 8.00. The van der Waals surface area contributed by atoms with Crippen LogP contribution in [0.5, 0.6) is 0 Å². The molecule has 1 atom stereocenters. The number of aryl methyl sites for hydroxylation is 2. The summed E-state index contributed by atoms with van der Waals surface area (Å²) in [5, 5.41) is 4.41. The SMILES string of the molecule is Cc1nn(C)c2c1nc(C(C)Cl)n2CC1(N(C)C)CCC1. The molecule has 2 heterocycles. The van der Waals surface area contributed by atoms with Gasteiger partial charge in [0, 0.05) is 19.1 Å². The highest BCUT2D eigenvalue weighted by Gasteiger charge is 2.40. The van der Waals surface area contributed by atoms with Gasteiger partial charge < -0.3 is 9.47 Å². The molecular formula is C15H24ClN5. The van der Waals surface area contributed by atoms with Crippen LogP contribution in [0.15, 0.2) is 0 Å². The molecule has 5 nitrogen and oxygen atoms in total. The van der Waals surface area contributed by atoms with Crippen molar-refractivity contribution < 1.29 is 0 Å². The first-order valence-electron chi connectivity index (χ1n) is 7.57. The van der Waals surface area contributed by atoms with Gasteiger partial charge in [0.05, 0.1) is 11.1 Å². The van der Waals surface area contributed by atoms with Crippen LogP contribution in [0.3, 0.4) is 0 Å². The molecule has 0 radical (unpaired) electrons. The van der Waals surface area contributed by atoms with Gasteiger partial charge in [-0.1, -0.05) is 0 Å². The topological polar surface area (TPSA) is 38.9 Å². The molecule has 1 fully saturated rings. The highest BCUT2D eigenvalue weighted by atomic mass is 35.5. The average molecular weight is 310 g/mol. The predicted molar refractivity (Wildman–Crippen MR) is 85.8 cm³/mol. The summed E-state index contributed by atoms with van der Waals surface area (Å²) in [6.45, 7) is 4.93. The maximum Gasteiger partial charge on any atom is 0.158 e. The van der Waals surface area contributed by atoms with E-state index in [9.17, 15) is 0 Å². The van der Waals surface area contributed by atoms with Gasteiger partial charge >= 0.3 is 0 Å². The van der Waals surface area contributed by atoms with E-state index < -0.39 is 0 Å². The molecule has 6 heteroatoms. The summed E-state index contributed by atoms with van der Waals surface area (Å²) in [6.07, 6.45) is 3.76. The molecule has 2 aromatic rings. The van der Waals surface area contributed by atoms with Crippen LogP contribution in [0.25, 0.3) is 11.2 Å². The van der Waals surface area contributed by atoms with Crippen LogP contribution in [-0.2, 0) is 13.6 Å². The summed E-state index contributed by atoms with van der Waals surface area (Å²) in [4.78, 5) is 7.12. The maximum atomic E-state index is 6.38. The molecular weight excluding hydrogens is 286 g/mol. The number of rotatable bonds is 4. The van der Waals surface area contributed by atoms with Crippen molar-refractivity contribution in [2.45, 2.75) is 50.6 Å². The molecule has 1 aliphatic rings. The molecule has 3 rings (SSSR count). The number of hydrogen-bond donors (Lipinski definition) is 0. The van der Waals surface area contributed by atoms with Gasteiger partial charge in [-0.2, -0.15) is 5.10 Å². The monoisotopic (exact) mass is 309 g/mol. The zero-order valence-electron chi connectivity index (χ0n) is 13.5. The third-order valence-electron chi connectivity index (χ3n) is 4.96. The predicted octanol–water partition coefficient (Wildman–Crippen LogP) is 2.86. The van der Waals surface area contributed by atoms with E-state index in [1.54, 1.807) is 0 Å². The number of alkyl halides is 1. The molecule has 0 bridgehead atoms. The summed E-state index contributed by atoms with van der Waals surface area (Å²) in [5.41, 5.74) is 3.26. The van der Waals surface area contributed by atoms with Crippen molar-refractivity contribution in [3.05, 3.63) is 11.5 Å². The standard InChI is InChI=1S/C15H24ClN5/c1-10(16)13-17-12-11(2)18-20(5)14(12)21(13)9-15(19(3)4)7-6-8-15/h10H,6-9H2,1-5H3. The molecule has 116 valence electrons. The van der Waals surface area contributed by atoms with Gasteiger partial charge in [-0.25, -0.2) is 4.98 Å². The lowest BCUT2D eigenvalue weighted by Crippen LogP contribution is -2.53. The first-order chi connectivity index (χ1) is 9.85. The normalized spacial score (nSPS) is 19.2. The van der Waals surface area contributed by atoms with Gasteiger partial charge in [0.25, 0.3) is 0 Å². The van der Waals surface area contributed by atoms with Gasteiger partial charge in [0.2, 0.25) is 0 Å². The van der Waals surface area contributed by atoms with Crippen LogP contribution in [0, 0.1) is 6.92 Å². The van der Waals surface area contributed by atoms with E-state index in [1.165, 1.54) is 19.3 Å². The van der Waals surface area contributed by atoms with Gasteiger partial charge in [0.15, 0.2) is 5.65 Å². The minimum atomic E-state index is -0.101. The number of likely N-dealkylation sites (N-methyl/N-ethyl adjacent to an activating group) is 1.